The quantitative estimate of drug-likeness (QED) is 0.475. The zero-order chi connectivity index (χ0) is 17.6. The van der Waals surface area contributed by atoms with Crippen molar-refractivity contribution in [1.82, 2.24) is 10.0 Å². The van der Waals surface area contributed by atoms with Crippen molar-refractivity contribution in [3.8, 4) is 0 Å². The van der Waals surface area contributed by atoms with Crippen LogP contribution >= 0.6 is 11.6 Å². The number of methoxy groups -OCH3 is 1. The van der Waals surface area contributed by atoms with Gasteiger partial charge < -0.3 is 9.47 Å². The summed E-state index contributed by atoms with van der Waals surface area (Å²) in [6.45, 7) is 7.18. The first kappa shape index (κ1) is 19.7. The number of carbonyl (C=O) groups is 1. The zero-order valence-electron chi connectivity index (χ0n) is 14.2. The second kappa shape index (κ2) is 8.47. The lowest BCUT2D eigenvalue weighted by molar-refractivity contribution is -0.151. The van der Waals surface area contributed by atoms with E-state index in [-0.39, 0.29) is 0 Å². The van der Waals surface area contributed by atoms with E-state index in [0.717, 1.165) is 12.0 Å². The van der Waals surface area contributed by atoms with Gasteiger partial charge in [-0.3, -0.25) is 5.21 Å². The lowest BCUT2D eigenvalue weighted by Gasteiger charge is -2.33. The molecular weight excluding hydrogens is 320 g/mol. The normalized spacial score (nSPS) is 14.2. The average molecular weight is 345 g/mol. The molecule has 23 heavy (non-hydrogen) atoms. The number of amides is 1. The van der Waals surface area contributed by atoms with Crippen LogP contribution in [0.3, 0.4) is 0 Å². The molecule has 0 fully saturated rings. The van der Waals surface area contributed by atoms with Crippen molar-refractivity contribution in [3.05, 3.63) is 29.0 Å². The fraction of sp³-hybridized carbons (Fsp3) is 0.625. The Morgan fingerprint density at radius 2 is 2.09 bits per heavy atom. The molecule has 2 atom stereocenters. The van der Waals surface area contributed by atoms with Gasteiger partial charge in [-0.15, -0.1) is 0 Å². The number of nitrogens with zero attached hydrogens (tertiary/aromatic N) is 2. The Balaban J connectivity index is 3.01. The highest BCUT2D eigenvalue weighted by Crippen LogP contribution is 2.28. The monoisotopic (exact) mass is 344 g/mol. The molecule has 0 spiro atoms. The Hall–Kier alpha value is -1.37. The molecule has 0 aliphatic rings. The molecule has 130 valence electrons. The first-order valence-corrected chi connectivity index (χ1v) is 7.92. The molecule has 1 heterocycles. The van der Waals surface area contributed by atoms with Gasteiger partial charge in [-0.1, -0.05) is 31.0 Å². The minimum absolute atomic E-state index is 0.364. The van der Waals surface area contributed by atoms with Crippen molar-refractivity contribution < 1.29 is 19.5 Å². The summed E-state index contributed by atoms with van der Waals surface area (Å²) in [6.07, 6.45) is 1.52. The molecule has 1 aromatic rings. The predicted octanol–water partition coefficient (Wildman–Crippen LogP) is 4.22. The van der Waals surface area contributed by atoms with Crippen molar-refractivity contribution in [2.45, 2.75) is 58.3 Å². The number of hydroxylamine groups is 2. The van der Waals surface area contributed by atoms with Crippen molar-refractivity contribution in [2.24, 2.45) is 0 Å². The Morgan fingerprint density at radius 1 is 1.43 bits per heavy atom. The molecule has 0 aliphatic carbocycles. The van der Waals surface area contributed by atoms with E-state index in [1.807, 2.05) is 6.92 Å². The molecule has 7 heteroatoms. The number of halogens is 1. The SMILES string of the molecule is CCC[C@H]([C@H](OC)c1ccc(Cl)nc1)N(O)C(=O)OC(C)(C)C. The third kappa shape index (κ3) is 5.97. The summed E-state index contributed by atoms with van der Waals surface area (Å²) in [5, 5.41) is 11.3. The molecular formula is C16H25ClN2O4. The molecule has 0 saturated heterocycles. The first-order chi connectivity index (χ1) is 10.7. The molecule has 1 amide bonds. The number of carbonyl (C=O) groups excluding carboxylic acids is 1. The maximum Gasteiger partial charge on any atom is 0.434 e. The lowest BCUT2D eigenvalue weighted by atomic mass is 9.99. The van der Waals surface area contributed by atoms with Crippen molar-refractivity contribution in [1.29, 1.82) is 0 Å². The van der Waals surface area contributed by atoms with Crippen LogP contribution in [-0.4, -0.2) is 40.1 Å². The topological polar surface area (TPSA) is 71.9 Å². The molecule has 0 aliphatic heterocycles. The van der Waals surface area contributed by atoms with Crippen molar-refractivity contribution in [2.75, 3.05) is 7.11 Å². The predicted molar refractivity (Wildman–Crippen MR) is 87.6 cm³/mol. The van der Waals surface area contributed by atoms with Crippen LogP contribution in [0.1, 0.15) is 52.2 Å². The Bertz CT molecular complexity index is 502. The number of hydrogen-bond donors (Lipinski definition) is 1. The average Bonchev–Trinajstić information content (AvgIpc) is 2.46. The van der Waals surface area contributed by atoms with E-state index >= 15 is 0 Å². The van der Waals surface area contributed by atoms with Crippen LogP contribution in [0.15, 0.2) is 18.3 Å². The molecule has 1 rings (SSSR count). The van der Waals surface area contributed by atoms with Gasteiger partial charge in [0.05, 0.1) is 6.04 Å². The van der Waals surface area contributed by atoms with Crippen LogP contribution in [0.2, 0.25) is 5.15 Å². The summed E-state index contributed by atoms with van der Waals surface area (Å²) in [5.74, 6) is 0. The smallest absolute Gasteiger partial charge is 0.434 e. The van der Waals surface area contributed by atoms with Crippen LogP contribution in [0, 0.1) is 0 Å². The van der Waals surface area contributed by atoms with Gasteiger partial charge in [0.15, 0.2) is 0 Å². The maximum atomic E-state index is 12.1. The summed E-state index contributed by atoms with van der Waals surface area (Å²) < 4.78 is 10.7. The van der Waals surface area contributed by atoms with E-state index in [1.54, 1.807) is 39.1 Å². The molecule has 0 bridgehead atoms. The standard InChI is InChI=1S/C16H25ClN2O4/c1-6-7-12(19(21)15(20)23-16(2,3)4)14(22-5)11-8-9-13(17)18-10-11/h8-10,12,14,21H,6-7H2,1-5H3/t12-,14-/m1/s1. The summed E-state index contributed by atoms with van der Waals surface area (Å²) in [6, 6.07) is 2.80. The van der Waals surface area contributed by atoms with Gasteiger partial charge in [-0.2, -0.15) is 5.06 Å². The minimum Gasteiger partial charge on any atom is -0.442 e. The van der Waals surface area contributed by atoms with Crippen molar-refractivity contribution >= 4 is 17.7 Å². The number of pyridine rings is 1. The second-order valence-electron chi connectivity index (χ2n) is 6.25. The molecule has 0 unspecified atom stereocenters. The van der Waals surface area contributed by atoms with Crippen LogP contribution in [0.25, 0.3) is 0 Å². The molecule has 0 saturated carbocycles. The minimum atomic E-state index is -0.806. The second-order valence-corrected chi connectivity index (χ2v) is 6.64. The van der Waals surface area contributed by atoms with E-state index in [9.17, 15) is 10.0 Å². The number of aromatic nitrogens is 1. The largest absolute Gasteiger partial charge is 0.442 e. The highest BCUT2D eigenvalue weighted by Gasteiger charge is 2.33. The van der Waals surface area contributed by atoms with E-state index in [0.29, 0.717) is 16.6 Å². The van der Waals surface area contributed by atoms with E-state index in [2.05, 4.69) is 4.98 Å². The Labute approximate surface area is 142 Å². The molecule has 0 aromatic carbocycles. The van der Waals surface area contributed by atoms with Gasteiger partial charge >= 0.3 is 6.09 Å². The third-order valence-corrected chi connectivity index (χ3v) is 3.38. The summed E-state index contributed by atoms with van der Waals surface area (Å²) in [7, 11) is 1.52. The maximum absolute atomic E-state index is 12.1. The first-order valence-electron chi connectivity index (χ1n) is 7.55. The molecule has 6 nitrogen and oxygen atoms in total. The van der Waals surface area contributed by atoms with Crippen LogP contribution in [0.5, 0.6) is 0 Å². The van der Waals surface area contributed by atoms with Gasteiger partial charge in [0.1, 0.15) is 16.9 Å². The highest BCUT2D eigenvalue weighted by atomic mass is 35.5. The highest BCUT2D eigenvalue weighted by molar-refractivity contribution is 6.29. The molecule has 1 aromatic heterocycles. The fourth-order valence-electron chi connectivity index (χ4n) is 2.21. The molecule has 1 N–H and O–H groups in total. The summed E-state index contributed by atoms with van der Waals surface area (Å²) in [4.78, 5) is 16.2. The summed E-state index contributed by atoms with van der Waals surface area (Å²) in [5.41, 5.74) is 0.0251. The van der Waals surface area contributed by atoms with Gasteiger partial charge in [-0.25, -0.2) is 9.78 Å². The number of rotatable bonds is 6. The van der Waals surface area contributed by atoms with Crippen LogP contribution in [0.4, 0.5) is 4.79 Å². The van der Waals surface area contributed by atoms with Crippen LogP contribution < -0.4 is 0 Å². The van der Waals surface area contributed by atoms with E-state index in [1.165, 1.54) is 7.11 Å². The fourth-order valence-corrected chi connectivity index (χ4v) is 2.32. The van der Waals surface area contributed by atoms with Gasteiger partial charge in [-0.05, 0) is 33.3 Å². The Morgan fingerprint density at radius 3 is 2.52 bits per heavy atom. The molecule has 0 radical (unpaired) electrons. The van der Waals surface area contributed by atoms with E-state index < -0.39 is 23.8 Å². The number of ether oxygens (including phenoxy) is 2. The lowest BCUT2D eigenvalue weighted by Crippen LogP contribution is -2.44. The Kier molecular flexibility index (Phi) is 7.25. The zero-order valence-corrected chi connectivity index (χ0v) is 15.0. The summed E-state index contributed by atoms with van der Waals surface area (Å²) >= 11 is 5.80. The van der Waals surface area contributed by atoms with Gasteiger partial charge in [0, 0.05) is 18.9 Å². The van der Waals surface area contributed by atoms with Gasteiger partial charge in [0.2, 0.25) is 0 Å². The van der Waals surface area contributed by atoms with E-state index in [4.69, 9.17) is 21.1 Å². The van der Waals surface area contributed by atoms with Crippen LogP contribution in [-0.2, 0) is 9.47 Å². The number of hydrogen-bond acceptors (Lipinski definition) is 5. The third-order valence-electron chi connectivity index (χ3n) is 3.16. The van der Waals surface area contributed by atoms with Crippen molar-refractivity contribution in [3.63, 3.8) is 0 Å². The van der Waals surface area contributed by atoms with Gasteiger partial charge in [0.25, 0.3) is 0 Å².